The fourth-order valence-corrected chi connectivity index (χ4v) is 1.30. The molecule has 14 heavy (non-hydrogen) atoms. The van der Waals surface area contributed by atoms with Gasteiger partial charge >= 0.3 is 0 Å². The minimum Gasteiger partial charge on any atom is -0.298 e. The van der Waals surface area contributed by atoms with Crippen LogP contribution in [0.1, 0.15) is 18.4 Å². The van der Waals surface area contributed by atoms with E-state index in [1.165, 1.54) is 25.1 Å². The van der Waals surface area contributed by atoms with Crippen LogP contribution in [0.5, 0.6) is 0 Å². The van der Waals surface area contributed by atoms with Crippen molar-refractivity contribution in [2.45, 2.75) is 12.8 Å². The molecule has 0 heterocycles. The Bertz CT molecular complexity index is 411. The molecule has 1 unspecified atom stereocenters. The molecule has 0 saturated heterocycles. The van der Waals surface area contributed by atoms with Crippen LogP contribution in [0.4, 0.5) is 4.39 Å². The first-order chi connectivity index (χ1) is 6.57. The van der Waals surface area contributed by atoms with Gasteiger partial charge in [-0.2, -0.15) is 5.26 Å². The van der Waals surface area contributed by atoms with Crippen LogP contribution < -0.4 is 0 Å². The molecule has 0 N–H and O–H groups in total. The maximum Gasteiger partial charge on any atom is 0.151 e. The number of ketones is 1. The van der Waals surface area contributed by atoms with Crippen LogP contribution in [0, 0.1) is 17.1 Å². The number of hydrogen-bond acceptors (Lipinski definition) is 2. The molecule has 4 heteroatoms. The van der Waals surface area contributed by atoms with Gasteiger partial charge in [0.15, 0.2) is 5.78 Å². The minimum atomic E-state index is -1.08. The third-order valence-corrected chi connectivity index (χ3v) is 2.12. The normalized spacial score (nSPS) is 11.9. The summed E-state index contributed by atoms with van der Waals surface area (Å²) >= 11 is 5.52. The number of Topliss-reactive ketones (excluding diaryl/α,β-unsaturated/α-hetero) is 1. The second kappa shape index (κ2) is 4.21. The summed E-state index contributed by atoms with van der Waals surface area (Å²) in [5.74, 6) is -2.17. The first-order valence-electron chi connectivity index (χ1n) is 3.92. The van der Waals surface area contributed by atoms with Gasteiger partial charge in [0.2, 0.25) is 0 Å². The zero-order valence-electron chi connectivity index (χ0n) is 7.42. The number of hydrogen-bond donors (Lipinski definition) is 0. The van der Waals surface area contributed by atoms with Gasteiger partial charge in [0.1, 0.15) is 11.7 Å². The molecule has 1 aromatic rings. The Kier molecular flexibility index (Phi) is 3.21. The summed E-state index contributed by atoms with van der Waals surface area (Å²) in [4.78, 5) is 11.0. The largest absolute Gasteiger partial charge is 0.298 e. The van der Waals surface area contributed by atoms with Crippen LogP contribution in [0.25, 0.3) is 0 Å². The van der Waals surface area contributed by atoms with Crippen molar-refractivity contribution in [3.05, 3.63) is 34.6 Å². The molecule has 1 rings (SSSR count). The number of halogens is 2. The first kappa shape index (κ1) is 10.7. The molecule has 2 nitrogen and oxygen atoms in total. The Labute approximate surface area is 85.9 Å². The van der Waals surface area contributed by atoms with E-state index >= 15 is 0 Å². The number of nitrogens with zero attached hydrogens (tertiary/aromatic N) is 1. The van der Waals surface area contributed by atoms with Gasteiger partial charge < -0.3 is 0 Å². The molecule has 0 saturated carbocycles. The van der Waals surface area contributed by atoms with Gasteiger partial charge in [-0.25, -0.2) is 4.39 Å². The van der Waals surface area contributed by atoms with Gasteiger partial charge in [-0.05, 0) is 13.0 Å². The van der Waals surface area contributed by atoms with Gasteiger partial charge in [-0.1, -0.05) is 23.7 Å². The molecular weight excluding hydrogens is 205 g/mol. The highest BCUT2D eigenvalue weighted by molar-refractivity contribution is 6.30. The molecule has 0 fully saturated rings. The van der Waals surface area contributed by atoms with Crippen molar-refractivity contribution in [2.75, 3.05) is 0 Å². The average molecular weight is 212 g/mol. The molecule has 0 aromatic heterocycles. The van der Waals surface area contributed by atoms with Crippen LogP contribution in [0.3, 0.4) is 0 Å². The quantitative estimate of drug-likeness (QED) is 0.755. The predicted molar refractivity (Wildman–Crippen MR) is 50.4 cm³/mol. The van der Waals surface area contributed by atoms with E-state index in [9.17, 15) is 9.18 Å². The molecule has 1 atom stereocenters. The third-order valence-electron chi connectivity index (χ3n) is 1.83. The zero-order chi connectivity index (χ0) is 10.7. The summed E-state index contributed by atoms with van der Waals surface area (Å²) in [7, 11) is 0. The smallest absolute Gasteiger partial charge is 0.151 e. The molecule has 0 aliphatic carbocycles. The molecular formula is C10H7ClFNO. The highest BCUT2D eigenvalue weighted by atomic mass is 35.5. The summed E-state index contributed by atoms with van der Waals surface area (Å²) in [6.45, 7) is 1.24. The highest BCUT2D eigenvalue weighted by Crippen LogP contribution is 2.24. The second-order valence-corrected chi connectivity index (χ2v) is 3.22. The lowest BCUT2D eigenvalue weighted by Gasteiger charge is -2.07. The van der Waals surface area contributed by atoms with Gasteiger partial charge in [-0.3, -0.25) is 4.79 Å². The number of carbonyl (C=O) groups is 1. The molecule has 0 aliphatic rings. The van der Waals surface area contributed by atoms with E-state index in [0.29, 0.717) is 0 Å². The topological polar surface area (TPSA) is 40.9 Å². The Balaban J connectivity index is 3.25. The maximum atomic E-state index is 13.4. The van der Waals surface area contributed by atoms with Crippen LogP contribution in [-0.2, 0) is 4.79 Å². The summed E-state index contributed by atoms with van der Waals surface area (Å²) in [5.41, 5.74) is 0.0347. The molecule has 0 aliphatic heterocycles. The van der Waals surface area contributed by atoms with Gasteiger partial charge in [0.25, 0.3) is 0 Å². The van der Waals surface area contributed by atoms with Crippen molar-refractivity contribution in [3.8, 4) is 6.07 Å². The molecule has 1 aromatic carbocycles. The van der Waals surface area contributed by atoms with E-state index in [-0.39, 0.29) is 10.6 Å². The summed E-state index contributed by atoms with van der Waals surface area (Å²) in [6, 6.07) is 6.00. The van der Waals surface area contributed by atoms with E-state index in [1.807, 2.05) is 0 Å². The van der Waals surface area contributed by atoms with Crippen molar-refractivity contribution < 1.29 is 9.18 Å². The zero-order valence-corrected chi connectivity index (χ0v) is 8.18. The molecule has 0 amide bonds. The lowest BCUT2D eigenvalue weighted by molar-refractivity contribution is -0.117. The molecule has 0 radical (unpaired) electrons. The van der Waals surface area contributed by atoms with Gasteiger partial charge in [-0.15, -0.1) is 0 Å². The van der Waals surface area contributed by atoms with Crippen molar-refractivity contribution in [1.82, 2.24) is 0 Å². The molecule has 0 spiro atoms. The van der Waals surface area contributed by atoms with E-state index in [1.54, 1.807) is 6.07 Å². The summed E-state index contributed by atoms with van der Waals surface area (Å²) < 4.78 is 13.4. The SMILES string of the molecule is CC(=O)C(C#N)c1cccc(Cl)c1F. The summed E-state index contributed by atoms with van der Waals surface area (Å²) in [5, 5.41) is 8.60. The van der Waals surface area contributed by atoms with E-state index in [4.69, 9.17) is 16.9 Å². The standard InChI is InChI=1S/C10H7ClFNO/c1-6(14)8(5-13)7-3-2-4-9(11)10(7)12/h2-4,8H,1H3. The van der Waals surface area contributed by atoms with Crippen LogP contribution >= 0.6 is 11.6 Å². The first-order valence-corrected chi connectivity index (χ1v) is 4.29. The van der Waals surface area contributed by atoms with Crippen molar-refractivity contribution in [3.63, 3.8) is 0 Å². The Morgan fingerprint density at radius 3 is 2.79 bits per heavy atom. The number of rotatable bonds is 2. The summed E-state index contributed by atoms with van der Waals surface area (Å²) in [6.07, 6.45) is 0. The lowest BCUT2D eigenvalue weighted by Crippen LogP contribution is -2.08. The maximum absolute atomic E-state index is 13.4. The van der Waals surface area contributed by atoms with Crippen molar-refractivity contribution in [2.24, 2.45) is 0 Å². The fourth-order valence-electron chi connectivity index (χ4n) is 1.12. The van der Waals surface area contributed by atoms with Crippen LogP contribution in [-0.4, -0.2) is 5.78 Å². The number of benzene rings is 1. The number of nitriles is 1. The lowest BCUT2D eigenvalue weighted by atomic mass is 9.96. The predicted octanol–water partition coefficient (Wildman–Crippen LogP) is 2.68. The minimum absolute atomic E-state index is 0.0347. The highest BCUT2D eigenvalue weighted by Gasteiger charge is 2.20. The molecule has 72 valence electrons. The van der Waals surface area contributed by atoms with E-state index < -0.39 is 17.5 Å². The second-order valence-electron chi connectivity index (χ2n) is 2.82. The van der Waals surface area contributed by atoms with Crippen LogP contribution in [0.15, 0.2) is 18.2 Å². The van der Waals surface area contributed by atoms with E-state index in [0.717, 1.165) is 0 Å². The van der Waals surface area contributed by atoms with Gasteiger partial charge in [0.05, 0.1) is 11.1 Å². The third kappa shape index (κ3) is 1.91. The van der Waals surface area contributed by atoms with Crippen molar-refractivity contribution in [1.29, 1.82) is 5.26 Å². The van der Waals surface area contributed by atoms with Crippen molar-refractivity contribution >= 4 is 17.4 Å². The van der Waals surface area contributed by atoms with Gasteiger partial charge in [0, 0.05) is 5.56 Å². The Hall–Kier alpha value is -1.40. The van der Waals surface area contributed by atoms with Crippen LogP contribution in [0.2, 0.25) is 5.02 Å². The Morgan fingerprint density at radius 2 is 2.29 bits per heavy atom. The Morgan fingerprint density at radius 1 is 1.64 bits per heavy atom. The average Bonchev–Trinajstić information content (AvgIpc) is 2.13. The van der Waals surface area contributed by atoms with E-state index in [2.05, 4.69) is 0 Å². The fraction of sp³-hybridized carbons (Fsp3) is 0.200. The monoisotopic (exact) mass is 211 g/mol. The molecule has 0 bridgehead atoms. The number of carbonyl (C=O) groups excluding carboxylic acids is 1.